The van der Waals surface area contributed by atoms with Crippen LogP contribution in [0.4, 0.5) is 5.69 Å². The van der Waals surface area contributed by atoms with Crippen LogP contribution in [0.1, 0.15) is 30.0 Å². The summed E-state index contributed by atoms with van der Waals surface area (Å²) in [6, 6.07) is 16.9. The summed E-state index contributed by atoms with van der Waals surface area (Å²) in [7, 11) is 0. The maximum atomic E-state index is 12.4. The third-order valence-electron chi connectivity index (χ3n) is 4.36. The van der Waals surface area contributed by atoms with Crippen molar-refractivity contribution in [2.24, 2.45) is 0 Å². The Morgan fingerprint density at radius 3 is 2.78 bits per heavy atom. The number of amides is 1. The highest BCUT2D eigenvalue weighted by Crippen LogP contribution is 2.31. The molecule has 1 fully saturated rings. The summed E-state index contributed by atoms with van der Waals surface area (Å²) in [5.41, 5.74) is 3.32. The SMILES string of the molecule is Cc1cc(I)ccc1NC(=O)CN1CCCC1c1ccccc1. The number of carbonyl (C=O) groups excluding carboxylic acids is 1. The molecule has 0 radical (unpaired) electrons. The van der Waals surface area contributed by atoms with E-state index in [0.29, 0.717) is 12.6 Å². The van der Waals surface area contributed by atoms with Gasteiger partial charge in [-0.25, -0.2) is 0 Å². The second-order valence-corrected chi connectivity index (χ2v) is 7.29. The molecule has 2 aromatic rings. The zero-order valence-electron chi connectivity index (χ0n) is 13.3. The molecule has 23 heavy (non-hydrogen) atoms. The number of benzene rings is 2. The molecular weight excluding hydrogens is 399 g/mol. The van der Waals surface area contributed by atoms with E-state index in [9.17, 15) is 4.79 Å². The molecule has 1 atom stereocenters. The molecule has 2 aromatic carbocycles. The minimum atomic E-state index is 0.0668. The molecule has 1 N–H and O–H groups in total. The minimum Gasteiger partial charge on any atom is -0.325 e. The fourth-order valence-electron chi connectivity index (χ4n) is 3.21. The topological polar surface area (TPSA) is 32.3 Å². The second kappa shape index (κ2) is 7.45. The van der Waals surface area contributed by atoms with Crippen LogP contribution in [0.25, 0.3) is 0 Å². The van der Waals surface area contributed by atoms with E-state index in [1.165, 1.54) is 9.13 Å². The number of nitrogens with one attached hydrogen (secondary N) is 1. The Morgan fingerprint density at radius 1 is 1.26 bits per heavy atom. The summed E-state index contributed by atoms with van der Waals surface area (Å²) in [4.78, 5) is 14.7. The minimum absolute atomic E-state index is 0.0668. The zero-order chi connectivity index (χ0) is 16.2. The van der Waals surface area contributed by atoms with Crippen LogP contribution in [0.15, 0.2) is 48.5 Å². The monoisotopic (exact) mass is 420 g/mol. The Balaban J connectivity index is 1.65. The van der Waals surface area contributed by atoms with Crippen molar-refractivity contribution in [2.75, 3.05) is 18.4 Å². The molecule has 0 aromatic heterocycles. The molecule has 1 saturated heterocycles. The Morgan fingerprint density at radius 2 is 2.04 bits per heavy atom. The highest BCUT2D eigenvalue weighted by molar-refractivity contribution is 14.1. The van der Waals surface area contributed by atoms with Crippen molar-refractivity contribution < 1.29 is 4.79 Å². The average molecular weight is 420 g/mol. The van der Waals surface area contributed by atoms with E-state index in [4.69, 9.17) is 0 Å². The maximum Gasteiger partial charge on any atom is 0.238 e. The van der Waals surface area contributed by atoms with Crippen molar-refractivity contribution in [1.82, 2.24) is 4.90 Å². The van der Waals surface area contributed by atoms with Crippen molar-refractivity contribution in [3.05, 3.63) is 63.2 Å². The van der Waals surface area contributed by atoms with Gasteiger partial charge in [0.2, 0.25) is 5.91 Å². The lowest BCUT2D eigenvalue weighted by molar-refractivity contribution is -0.117. The van der Waals surface area contributed by atoms with Crippen molar-refractivity contribution in [2.45, 2.75) is 25.8 Å². The standard InChI is InChI=1S/C19H21IN2O/c1-14-12-16(20)9-10-17(14)21-19(23)13-22-11-5-8-18(22)15-6-3-2-4-7-15/h2-4,6-7,9-10,12,18H,5,8,11,13H2,1H3,(H,21,23). The van der Waals surface area contributed by atoms with Crippen LogP contribution in [0, 0.1) is 10.5 Å². The summed E-state index contributed by atoms with van der Waals surface area (Å²) in [6.07, 6.45) is 2.27. The van der Waals surface area contributed by atoms with Gasteiger partial charge in [0.15, 0.2) is 0 Å². The lowest BCUT2D eigenvalue weighted by atomic mass is 10.0. The molecule has 1 amide bonds. The molecule has 1 aliphatic rings. The van der Waals surface area contributed by atoms with Gasteiger partial charge in [0, 0.05) is 15.3 Å². The molecule has 1 unspecified atom stereocenters. The summed E-state index contributed by atoms with van der Waals surface area (Å²) >= 11 is 2.28. The predicted molar refractivity (Wildman–Crippen MR) is 103 cm³/mol. The van der Waals surface area contributed by atoms with Crippen LogP contribution < -0.4 is 5.32 Å². The van der Waals surface area contributed by atoms with Crippen molar-refractivity contribution in [3.8, 4) is 0 Å². The number of anilines is 1. The van der Waals surface area contributed by atoms with E-state index in [1.54, 1.807) is 0 Å². The van der Waals surface area contributed by atoms with Gasteiger partial charge < -0.3 is 5.32 Å². The van der Waals surface area contributed by atoms with E-state index in [1.807, 2.05) is 25.1 Å². The van der Waals surface area contributed by atoms with Crippen LogP contribution in [-0.2, 0) is 4.79 Å². The molecule has 1 aliphatic heterocycles. The Bertz CT molecular complexity index is 687. The number of hydrogen-bond acceptors (Lipinski definition) is 2. The second-order valence-electron chi connectivity index (χ2n) is 6.05. The molecule has 1 heterocycles. The summed E-state index contributed by atoms with van der Waals surface area (Å²) < 4.78 is 1.18. The Kier molecular flexibility index (Phi) is 5.33. The number of carbonyl (C=O) groups is 1. The quantitative estimate of drug-likeness (QED) is 0.745. The van der Waals surface area contributed by atoms with E-state index >= 15 is 0 Å². The third-order valence-corrected chi connectivity index (χ3v) is 5.03. The van der Waals surface area contributed by atoms with Gasteiger partial charge in [-0.2, -0.15) is 0 Å². The molecule has 3 rings (SSSR count). The number of hydrogen-bond donors (Lipinski definition) is 1. The lowest BCUT2D eigenvalue weighted by Gasteiger charge is -2.24. The van der Waals surface area contributed by atoms with Gasteiger partial charge in [-0.3, -0.25) is 9.69 Å². The summed E-state index contributed by atoms with van der Waals surface area (Å²) in [6.45, 7) is 3.46. The van der Waals surface area contributed by atoms with Gasteiger partial charge in [-0.15, -0.1) is 0 Å². The van der Waals surface area contributed by atoms with Crippen molar-refractivity contribution >= 4 is 34.2 Å². The molecule has 4 heteroatoms. The van der Waals surface area contributed by atoms with E-state index in [2.05, 4.69) is 63.1 Å². The largest absolute Gasteiger partial charge is 0.325 e. The molecular formula is C19H21IN2O. The van der Waals surface area contributed by atoms with Crippen LogP contribution in [-0.4, -0.2) is 23.9 Å². The van der Waals surface area contributed by atoms with Crippen LogP contribution in [0.2, 0.25) is 0 Å². The Labute approximate surface area is 151 Å². The number of halogens is 1. The first-order valence-corrected chi connectivity index (χ1v) is 9.06. The summed E-state index contributed by atoms with van der Waals surface area (Å²) in [5.74, 6) is 0.0668. The third kappa shape index (κ3) is 4.12. The molecule has 0 bridgehead atoms. The van der Waals surface area contributed by atoms with Gasteiger partial charge >= 0.3 is 0 Å². The molecule has 3 nitrogen and oxygen atoms in total. The Hall–Kier alpha value is -1.40. The van der Waals surface area contributed by atoms with Gasteiger partial charge in [-0.1, -0.05) is 30.3 Å². The van der Waals surface area contributed by atoms with Crippen molar-refractivity contribution in [3.63, 3.8) is 0 Å². The summed E-state index contributed by atoms with van der Waals surface area (Å²) in [5, 5.41) is 3.05. The average Bonchev–Trinajstić information content (AvgIpc) is 2.99. The lowest BCUT2D eigenvalue weighted by Crippen LogP contribution is -2.33. The van der Waals surface area contributed by atoms with E-state index in [0.717, 1.165) is 30.6 Å². The van der Waals surface area contributed by atoms with Crippen LogP contribution in [0.5, 0.6) is 0 Å². The first-order chi connectivity index (χ1) is 11.1. The van der Waals surface area contributed by atoms with Crippen molar-refractivity contribution in [1.29, 1.82) is 0 Å². The van der Waals surface area contributed by atoms with Crippen LogP contribution in [0.3, 0.4) is 0 Å². The highest BCUT2D eigenvalue weighted by Gasteiger charge is 2.27. The number of likely N-dealkylation sites (tertiary alicyclic amines) is 1. The fraction of sp³-hybridized carbons (Fsp3) is 0.316. The normalized spacial score (nSPS) is 18.1. The maximum absolute atomic E-state index is 12.4. The van der Waals surface area contributed by atoms with Gasteiger partial charge in [0.05, 0.1) is 6.54 Å². The number of rotatable bonds is 4. The molecule has 120 valence electrons. The fourth-order valence-corrected chi connectivity index (χ4v) is 3.86. The van der Waals surface area contributed by atoms with Gasteiger partial charge in [0.1, 0.15) is 0 Å². The predicted octanol–water partition coefficient (Wildman–Crippen LogP) is 4.38. The van der Waals surface area contributed by atoms with E-state index < -0.39 is 0 Å². The van der Waals surface area contributed by atoms with E-state index in [-0.39, 0.29) is 5.91 Å². The zero-order valence-corrected chi connectivity index (χ0v) is 15.4. The first kappa shape index (κ1) is 16.5. The molecule has 0 aliphatic carbocycles. The van der Waals surface area contributed by atoms with Gasteiger partial charge in [-0.05, 0) is 78.2 Å². The molecule has 0 spiro atoms. The number of nitrogens with zero attached hydrogens (tertiary/aromatic N) is 1. The highest BCUT2D eigenvalue weighted by atomic mass is 127. The number of aryl methyl sites for hydroxylation is 1. The first-order valence-electron chi connectivity index (χ1n) is 7.98. The van der Waals surface area contributed by atoms with Gasteiger partial charge in [0.25, 0.3) is 0 Å². The smallest absolute Gasteiger partial charge is 0.238 e. The van der Waals surface area contributed by atoms with Crippen LogP contribution >= 0.6 is 22.6 Å². The molecule has 0 saturated carbocycles.